The monoisotopic (exact) mass is 269 g/mol. The van der Waals surface area contributed by atoms with Gasteiger partial charge < -0.3 is 20.7 Å². The van der Waals surface area contributed by atoms with Crippen molar-refractivity contribution >= 4 is 11.8 Å². The number of rotatable bonds is 3. The minimum atomic E-state index is -0.450. The van der Waals surface area contributed by atoms with E-state index >= 15 is 0 Å². The van der Waals surface area contributed by atoms with Crippen LogP contribution in [0.25, 0.3) is 0 Å². The van der Waals surface area contributed by atoms with Crippen LogP contribution in [-0.4, -0.2) is 54.1 Å². The molecule has 108 valence electrons. The SMILES string of the molecule is CC(C)NC(=O)[C@@H]1C[C@H](N)CN1C(=O)[C@H]1CCCO1. The van der Waals surface area contributed by atoms with Crippen molar-refractivity contribution in [2.45, 2.75) is 57.3 Å². The van der Waals surface area contributed by atoms with Crippen LogP contribution in [0.15, 0.2) is 0 Å². The van der Waals surface area contributed by atoms with E-state index < -0.39 is 6.04 Å². The fourth-order valence-electron chi connectivity index (χ4n) is 2.70. The summed E-state index contributed by atoms with van der Waals surface area (Å²) in [6, 6.07) is -0.522. The summed E-state index contributed by atoms with van der Waals surface area (Å²) in [7, 11) is 0. The van der Waals surface area contributed by atoms with Crippen molar-refractivity contribution in [2.75, 3.05) is 13.2 Å². The normalized spacial score (nSPS) is 30.9. The molecule has 0 aromatic rings. The number of carbonyl (C=O) groups is 2. The molecule has 0 radical (unpaired) electrons. The van der Waals surface area contributed by atoms with Crippen molar-refractivity contribution in [1.29, 1.82) is 0 Å². The number of carbonyl (C=O) groups excluding carboxylic acids is 2. The molecule has 0 aromatic carbocycles. The molecule has 2 saturated heterocycles. The van der Waals surface area contributed by atoms with E-state index in [1.807, 2.05) is 13.8 Å². The van der Waals surface area contributed by atoms with Gasteiger partial charge in [-0.25, -0.2) is 0 Å². The second-order valence-electron chi connectivity index (χ2n) is 5.67. The number of nitrogens with zero attached hydrogens (tertiary/aromatic N) is 1. The molecular formula is C13H23N3O3. The van der Waals surface area contributed by atoms with E-state index in [0.29, 0.717) is 19.6 Å². The van der Waals surface area contributed by atoms with Crippen LogP contribution in [0.4, 0.5) is 0 Å². The Morgan fingerprint density at radius 1 is 1.42 bits per heavy atom. The van der Waals surface area contributed by atoms with Crippen molar-refractivity contribution in [1.82, 2.24) is 10.2 Å². The summed E-state index contributed by atoms with van der Waals surface area (Å²) in [6.45, 7) is 4.87. The van der Waals surface area contributed by atoms with Gasteiger partial charge in [-0.2, -0.15) is 0 Å². The van der Waals surface area contributed by atoms with Gasteiger partial charge in [0.05, 0.1) is 0 Å². The molecule has 2 aliphatic heterocycles. The lowest BCUT2D eigenvalue weighted by molar-refractivity contribution is -0.145. The van der Waals surface area contributed by atoms with E-state index in [2.05, 4.69) is 5.32 Å². The van der Waals surface area contributed by atoms with E-state index in [4.69, 9.17) is 10.5 Å². The molecule has 0 spiro atoms. The highest BCUT2D eigenvalue weighted by molar-refractivity contribution is 5.90. The molecule has 0 unspecified atom stereocenters. The van der Waals surface area contributed by atoms with Gasteiger partial charge in [0.2, 0.25) is 5.91 Å². The van der Waals surface area contributed by atoms with E-state index in [1.54, 1.807) is 4.90 Å². The second kappa shape index (κ2) is 5.88. The molecule has 0 aliphatic carbocycles. The zero-order valence-corrected chi connectivity index (χ0v) is 11.6. The molecule has 6 nitrogen and oxygen atoms in total. The number of ether oxygens (including phenoxy) is 1. The summed E-state index contributed by atoms with van der Waals surface area (Å²) < 4.78 is 5.41. The first-order chi connectivity index (χ1) is 8.99. The van der Waals surface area contributed by atoms with Crippen LogP contribution < -0.4 is 11.1 Å². The Labute approximate surface area is 113 Å². The van der Waals surface area contributed by atoms with E-state index in [1.165, 1.54) is 0 Å². The molecule has 2 heterocycles. The summed E-state index contributed by atoms with van der Waals surface area (Å²) >= 11 is 0. The van der Waals surface area contributed by atoms with Crippen LogP contribution in [0.3, 0.4) is 0 Å². The van der Waals surface area contributed by atoms with E-state index in [-0.39, 0.29) is 30.0 Å². The van der Waals surface area contributed by atoms with Crippen molar-refractivity contribution in [3.63, 3.8) is 0 Å². The minimum absolute atomic E-state index is 0.0593. The maximum atomic E-state index is 12.4. The zero-order valence-electron chi connectivity index (χ0n) is 11.6. The number of amides is 2. The summed E-state index contributed by atoms with van der Waals surface area (Å²) in [6.07, 6.45) is 1.78. The largest absolute Gasteiger partial charge is 0.368 e. The predicted octanol–water partition coefficient (Wildman–Crippen LogP) is -0.382. The highest BCUT2D eigenvalue weighted by atomic mass is 16.5. The standard InChI is InChI=1S/C13H23N3O3/c1-8(2)15-12(17)10-6-9(14)7-16(10)13(18)11-4-3-5-19-11/h8-11H,3-7,14H2,1-2H3,(H,15,17)/t9-,10-,11+/m0/s1. The van der Waals surface area contributed by atoms with Gasteiger partial charge in [-0.1, -0.05) is 0 Å². The summed E-state index contributed by atoms with van der Waals surface area (Å²) in [5.41, 5.74) is 5.91. The fraction of sp³-hybridized carbons (Fsp3) is 0.846. The Bertz CT molecular complexity index is 353. The number of nitrogens with one attached hydrogen (secondary N) is 1. The fourth-order valence-corrected chi connectivity index (χ4v) is 2.70. The first kappa shape index (κ1) is 14.3. The highest BCUT2D eigenvalue weighted by Crippen LogP contribution is 2.22. The molecular weight excluding hydrogens is 246 g/mol. The zero-order chi connectivity index (χ0) is 14.0. The Balaban J connectivity index is 2.04. The van der Waals surface area contributed by atoms with Gasteiger partial charge in [-0.05, 0) is 33.1 Å². The predicted molar refractivity (Wildman–Crippen MR) is 70.3 cm³/mol. The van der Waals surface area contributed by atoms with Gasteiger partial charge in [0, 0.05) is 25.2 Å². The molecule has 0 saturated carbocycles. The van der Waals surface area contributed by atoms with Crippen molar-refractivity contribution in [3.8, 4) is 0 Å². The van der Waals surface area contributed by atoms with Gasteiger partial charge in [0.15, 0.2) is 0 Å². The third-order valence-corrected chi connectivity index (χ3v) is 3.56. The summed E-state index contributed by atoms with van der Waals surface area (Å²) in [5.74, 6) is -0.205. The van der Waals surface area contributed by atoms with Crippen LogP contribution in [0, 0.1) is 0 Å². The molecule has 3 atom stereocenters. The number of nitrogens with two attached hydrogens (primary N) is 1. The quantitative estimate of drug-likeness (QED) is 0.731. The average molecular weight is 269 g/mol. The van der Waals surface area contributed by atoms with Crippen LogP contribution in [0.2, 0.25) is 0 Å². The summed E-state index contributed by atoms with van der Waals surface area (Å²) in [5, 5.41) is 2.85. The number of hydrogen-bond acceptors (Lipinski definition) is 4. The Morgan fingerprint density at radius 2 is 2.16 bits per heavy atom. The lowest BCUT2D eigenvalue weighted by Crippen LogP contribution is -2.50. The average Bonchev–Trinajstić information content (AvgIpc) is 2.95. The molecule has 6 heteroatoms. The van der Waals surface area contributed by atoms with Crippen LogP contribution in [0.1, 0.15) is 33.1 Å². The lowest BCUT2D eigenvalue weighted by Gasteiger charge is -2.26. The molecule has 0 aromatic heterocycles. The molecule has 2 amide bonds. The highest BCUT2D eigenvalue weighted by Gasteiger charge is 2.41. The van der Waals surface area contributed by atoms with Gasteiger partial charge in [-0.3, -0.25) is 9.59 Å². The first-order valence-electron chi connectivity index (χ1n) is 6.97. The molecule has 2 aliphatic rings. The molecule has 3 N–H and O–H groups in total. The van der Waals surface area contributed by atoms with Gasteiger partial charge in [0.1, 0.15) is 12.1 Å². The summed E-state index contributed by atoms with van der Waals surface area (Å²) in [4.78, 5) is 26.1. The van der Waals surface area contributed by atoms with Crippen LogP contribution in [0.5, 0.6) is 0 Å². The van der Waals surface area contributed by atoms with Crippen molar-refractivity contribution < 1.29 is 14.3 Å². The third-order valence-electron chi connectivity index (χ3n) is 3.56. The maximum absolute atomic E-state index is 12.4. The Hall–Kier alpha value is -1.14. The number of hydrogen-bond donors (Lipinski definition) is 2. The topological polar surface area (TPSA) is 84.7 Å². The third kappa shape index (κ3) is 3.25. The van der Waals surface area contributed by atoms with Crippen LogP contribution >= 0.6 is 0 Å². The van der Waals surface area contributed by atoms with E-state index in [0.717, 1.165) is 12.8 Å². The van der Waals surface area contributed by atoms with Gasteiger partial charge in [-0.15, -0.1) is 0 Å². The molecule has 2 fully saturated rings. The van der Waals surface area contributed by atoms with Gasteiger partial charge in [0.25, 0.3) is 5.91 Å². The molecule has 2 rings (SSSR count). The first-order valence-corrected chi connectivity index (χ1v) is 6.97. The lowest BCUT2D eigenvalue weighted by atomic mass is 10.1. The number of likely N-dealkylation sites (tertiary alicyclic amines) is 1. The van der Waals surface area contributed by atoms with E-state index in [9.17, 15) is 9.59 Å². The molecule has 19 heavy (non-hydrogen) atoms. The maximum Gasteiger partial charge on any atom is 0.252 e. The Kier molecular flexibility index (Phi) is 4.42. The smallest absolute Gasteiger partial charge is 0.252 e. The molecule has 0 bridgehead atoms. The van der Waals surface area contributed by atoms with Crippen LogP contribution in [-0.2, 0) is 14.3 Å². The second-order valence-corrected chi connectivity index (χ2v) is 5.67. The minimum Gasteiger partial charge on any atom is -0.368 e. The van der Waals surface area contributed by atoms with Gasteiger partial charge >= 0.3 is 0 Å². The van der Waals surface area contributed by atoms with Crippen molar-refractivity contribution in [2.24, 2.45) is 5.73 Å². The van der Waals surface area contributed by atoms with Crippen molar-refractivity contribution in [3.05, 3.63) is 0 Å². The Morgan fingerprint density at radius 3 is 2.74 bits per heavy atom.